The van der Waals surface area contributed by atoms with E-state index in [4.69, 9.17) is 4.74 Å². The Morgan fingerprint density at radius 3 is 2.75 bits per heavy atom. The number of benzene rings is 1. The van der Waals surface area contributed by atoms with Crippen LogP contribution in [0.1, 0.15) is 13.3 Å². The summed E-state index contributed by atoms with van der Waals surface area (Å²) in [5.41, 5.74) is 0.908. The fraction of sp³-hybridized carbons (Fsp3) is 0.286. The number of halogens is 1. The lowest BCUT2D eigenvalue weighted by Gasteiger charge is -2.10. The van der Waals surface area contributed by atoms with Gasteiger partial charge in [-0.25, -0.2) is 9.97 Å². The molecule has 0 spiro atoms. The van der Waals surface area contributed by atoms with Crippen molar-refractivity contribution in [3.8, 4) is 5.75 Å². The van der Waals surface area contributed by atoms with Gasteiger partial charge >= 0.3 is 0 Å². The van der Waals surface area contributed by atoms with Gasteiger partial charge in [-0.2, -0.15) is 0 Å². The van der Waals surface area contributed by atoms with Gasteiger partial charge in [0.15, 0.2) is 0 Å². The molecular formula is C14H17BrN4O. The predicted octanol–water partition coefficient (Wildman–Crippen LogP) is 3.81. The first-order valence-corrected chi connectivity index (χ1v) is 7.18. The van der Waals surface area contributed by atoms with Crippen molar-refractivity contribution in [3.63, 3.8) is 0 Å². The molecule has 0 radical (unpaired) electrons. The van der Waals surface area contributed by atoms with Crippen LogP contribution in [0.5, 0.6) is 5.75 Å². The summed E-state index contributed by atoms with van der Waals surface area (Å²) in [5.74, 6) is 2.32. The zero-order valence-electron chi connectivity index (χ0n) is 11.5. The molecule has 2 rings (SSSR count). The van der Waals surface area contributed by atoms with Gasteiger partial charge in [-0.3, -0.25) is 0 Å². The molecule has 0 unspecified atom stereocenters. The second kappa shape index (κ2) is 7.09. The van der Waals surface area contributed by atoms with Gasteiger partial charge in [0.2, 0.25) is 0 Å². The summed E-state index contributed by atoms with van der Waals surface area (Å²) in [6.07, 6.45) is 2.59. The number of hydrogen-bond acceptors (Lipinski definition) is 5. The Hall–Kier alpha value is -1.82. The SMILES string of the molecule is CCCNc1cc(Nc2ccc(Br)c(OC)c2)ncn1. The fourth-order valence-electron chi connectivity index (χ4n) is 1.66. The molecule has 1 aromatic carbocycles. The maximum atomic E-state index is 5.27. The molecule has 6 heteroatoms. The van der Waals surface area contributed by atoms with Crippen LogP contribution in [0.3, 0.4) is 0 Å². The molecule has 1 heterocycles. The molecule has 0 saturated heterocycles. The van der Waals surface area contributed by atoms with E-state index in [1.54, 1.807) is 7.11 Å². The molecule has 0 amide bonds. The first-order valence-electron chi connectivity index (χ1n) is 6.39. The van der Waals surface area contributed by atoms with Gasteiger partial charge in [0.05, 0.1) is 11.6 Å². The standard InChI is InChI=1S/C14H17BrN4O/c1-3-6-16-13-8-14(18-9-17-13)19-10-4-5-11(15)12(7-10)20-2/h4-5,7-9H,3,6H2,1-2H3,(H2,16,17,18,19). The number of nitrogens with one attached hydrogen (secondary N) is 2. The molecule has 0 aliphatic rings. The van der Waals surface area contributed by atoms with E-state index >= 15 is 0 Å². The maximum absolute atomic E-state index is 5.27. The molecule has 2 N–H and O–H groups in total. The molecule has 106 valence electrons. The van der Waals surface area contributed by atoms with Gasteiger partial charge in [0.25, 0.3) is 0 Å². The Morgan fingerprint density at radius 1 is 1.20 bits per heavy atom. The number of anilines is 3. The van der Waals surface area contributed by atoms with Gasteiger partial charge in [0.1, 0.15) is 23.7 Å². The van der Waals surface area contributed by atoms with Crippen molar-refractivity contribution in [2.75, 3.05) is 24.3 Å². The molecule has 0 aliphatic heterocycles. The third-order valence-electron chi connectivity index (χ3n) is 2.65. The Bertz CT molecular complexity index is 577. The average molecular weight is 337 g/mol. The molecule has 0 aliphatic carbocycles. The van der Waals surface area contributed by atoms with Crippen LogP contribution in [0.4, 0.5) is 17.3 Å². The second-order valence-electron chi connectivity index (χ2n) is 4.19. The zero-order chi connectivity index (χ0) is 14.4. The monoisotopic (exact) mass is 336 g/mol. The molecular weight excluding hydrogens is 320 g/mol. The Balaban J connectivity index is 2.13. The Morgan fingerprint density at radius 2 is 2.00 bits per heavy atom. The summed E-state index contributed by atoms with van der Waals surface area (Å²) in [6.45, 7) is 3.00. The average Bonchev–Trinajstić information content (AvgIpc) is 2.47. The molecule has 0 saturated carbocycles. The molecule has 0 atom stereocenters. The first-order chi connectivity index (χ1) is 9.72. The van der Waals surface area contributed by atoms with Crippen molar-refractivity contribution in [1.82, 2.24) is 9.97 Å². The number of methoxy groups -OCH3 is 1. The molecule has 0 bridgehead atoms. The first kappa shape index (κ1) is 14.6. The Labute approximate surface area is 126 Å². The van der Waals surface area contributed by atoms with E-state index in [0.717, 1.165) is 40.5 Å². The lowest BCUT2D eigenvalue weighted by molar-refractivity contribution is 0.412. The normalized spacial score (nSPS) is 10.2. The van der Waals surface area contributed by atoms with Crippen molar-refractivity contribution in [3.05, 3.63) is 35.1 Å². The summed E-state index contributed by atoms with van der Waals surface area (Å²) >= 11 is 3.43. The maximum Gasteiger partial charge on any atom is 0.135 e. The summed E-state index contributed by atoms with van der Waals surface area (Å²) in [4.78, 5) is 8.38. The molecule has 20 heavy (non-hydrogen) atoms. The smallest absolute Gasteiger partial charge is 0.135 e. The number of hydrogen-bond donors (Lipinski definition) is 2. The van der Waals surface area contributed by atoms with E-state index < -0.39 is 0 Å². The van der Waals surface area contributed by atoms with Crippen LogP contribution in [0, 0.1) is 0 Å². The number of ether oxygens (including phenoxy) is 1. The predicted molar refractivity (Wildman–Crippen MR) is 84.8 cm³/mol. The van der Waals surface area contributed by atoms with Gasteiger partial charge < -0.3 is 15.4 Å². The quantitative estimate of drug-likeness (QED) is 0.839. The van der Waals surface area contributed by atoms with Crippen LogP contribution in [0.25, 0.3) is 0 Å². The summed E-state index contributed by atoms with van der Waals surface area (Å²) in [7, 11) is 1.64. The lowest BCUT2D eigenvalue weighted by Crippen LogP contribution is -2.03. The third kappa shape index (κ3) is 3.84. The second-order valence-corrected chi connectivity index (χ2v) is 5.04. The molecule has 1 aromatic heterocycles. The van der Waals surface area contributed by atoms with Crippen LogP contribution in [0.15, 0.2) is 35.1 Å². The highest BCUT2D eigenvalue weighted by molar-refractivity contribution is 9.10. The van der Waals surface area contributed by atoms with Gasteiger partial charge in [-0.1, -0.05) is 6.92 Å². The van der Waals surface area contributed by atoms with Crippen molar-refractivity contribution < 1.29 is 4.74 Å². The molecule has 5 nitrogen and oxygen atoms in total. The highest BCUT2D eigenvalue weighted by atomic mass is 79.9. The van der Waals surface area contributed by atoms with Crippen LogP contribution < -0.4 is 15.4 Å². The van der Waals surface area contributed by atoms with E-state index in [0.29, 0.717) is 0 Å². The van der Waals surface area contributed by atoms with Crippen molar-refractivity contribution in [2.24, 2.45) is 0 Å². The molecule has 2 aromatic rings. The minimum atomic E-state index is 0.739. The van der Waals surface area contributed by atoms with E-state index in [9.17, 15) is 0 Å². The van der Waals surface area contributed by atoms with Crippen molar-refractivity contribution >= 4 is 33.3 Å². The van der Waals surface area contributed by atoms with Crippen LogP contribution in [0.2, 0.25) is 0 Å². The fourth-order valence-corrected chi connectivity index (χ4v) is 2.07. The van der Waals surface area contributed by atoms with Gasteiger partial charge in [-0.15, -0.1) is 0 Å². The van der Waals surface area contributed by atoms with Crippen molar-refractivity contribution in [1.29, 1.82) is 0 Å². The largest absolute Gasteiger partial charge is 0.495 e. The summed E-state index contributed by atoms with van der Waals surface area (Å²) < 4.78 is 6.18. The number of aromatic nitrogens is 2. The van der Waals surface area contributed by atoms with Crippen LogP contribution >= 0.6 is 15.9 Å². The zero-order valence-corrected chi connectivity index (χ0v) is 13.1. The minimum absolute atomic E-state index is 0.739. The van der Waals surface area contributed by atoms with Gasteiger partial charge in [0, 0.05) is 24.4 Å². The highest BCUT2D eigenvalue weighted by Gasteiger charge is 2.03. The van der Waals surface area contributed by atoms with E-state index in [1.807, 2.05) is 24.3 Å². The van der Waals surface area contributed by atoms with Gasteiger partial charge in [-0.05, 0) is 34.5 Å². The van der Waals surface area contributed by atoms with E-state index in [2.05, 4.69) is 43.5 Å². The van der Waals surface area contributed by atoms with Crippen LogP contribution in [-0.2, 0) is 0 Å². The van der Waals surface area contributed by atoms with Crippen LogP contribution in [-0.4, -0.2) is 23.6 Å². The number of nitrogens with zero attached hydrogens (tertiary/aromatic N) is 2. The number of rotatable bonds is 6. The topological polar surface area (TPSA) is 59.1 Å². The summed E-state index contributed by atoms with van der Waals surface area (Å²) in [6, 6.07) is 7.67. The highest BCUT2D eigenvalue weighted by Crippen LogP contribution is 2.29. The lowest BCUT2D eigenvalue weighted by atomic mass is 10.3. The third-order valence-corrected chi connectivity index (χ3v) is 3.30. The minimum Gasteiger partial charge on any atom is -0.495 e. The van der Waals surface area contributed by atoms with E-state index in [1.165, 1.54) is 6.33 Å². The van der Waals surface area contributed by atoms with Crippen molar-refractivity contribution in [2.45, 2.75) is 13.3 Å². The van der Waals surface area contributed by atoms with E-state index in [-0.39, 0.29) is 0 Å². The Kier molecular flexibility index (Phi) is 5.17. The summed E-state index contributed by atoms with van der Waals surface area (Å²) in [5, 5.41) is 6.46. The molecule has 0 fully saturated rings.